The highest BCUT2D eigenvalue weighted by atomic mass is 32.1. The van der Waals surface area contributed by atoms with E-state index in [4.69, 9.17) is 0 Å². The van der Waals surface area contributed by atoms with E-state index in [0.717, 1.165) is 9.75 Å². The van der Waals surface area contributed by atoms with Crippen molar-refractivity contribution >= 4 is 11.3 Å². The van der Waals surface area contributed by atoms with Crippen molar-refractivity contribution in [1.82, 2.24) is 0 Å². The Morgan fingerprint density at radius 3 is 2.50 bits per heavy atom. The van der Waals surface area contributed by atoms with Gasteiger partial charge in [0.15, 0.2) is 0 Å². The van der Waals surface area contributed by atoms with Gasteiger partial charge in [-0.1, -0.05) is 12.1 Å². The number of rotatable bonds is 2. The van der Waals surface area contributed by atoms with Crippen LogP contribution in [0, 0.1) is 19.7 Å². The lowest BCUT2D eigenvalue weighted by atomic mass is 10.1. The van der Waals surface area contributed by atoms with E-state index < -0.39 is 6.10 Å². The summed E-state index contributed by atoms with van der Waals surface area (Å²) >= 11 is 1.53. The van der Waals surface area contributed by atoms with Crippen molar-refractivity contribution in [2.24, 2.45) is 0 Å². The van der Waals surface area contributed by atoms with Crippen molar-refractivity contribution in [3.63, 3.8) is 0 Å². The zero-order valence-corrected chi connectivity index (χ0v) is 10.0. The first kappa shape index (κ1) is 11.3. The maximum Gasteiger partial charge on any atom is 0.126 e. The number of aryl methyl sites for hydroxylation is 2. The lowest BCUT2D eigenvalue weighted by Crippen LogP contribution is -1.98. The normalized spacial score (nSPS) is 12.8. The third-order valence-electron chi connectivity index (χ3n) is 2.54. The summed E-state index contributed by atoms with van der Waals surface area (Å²) in [6.45, 7) is 3.69. The molecule has 2 rings (SSSR count). The Morgan fingerprint density at radius 1 is 1.19 bits per heavy atom. The summed E-state index contributed by atoms with van der Waals surface area (Å²) in [6, 6.07) is 8.68. The van der Waals surface area contributed by atoms with Crippen LogP contribution >= 0.6 is 11.3 Å². The Bertz CT molecular complexity index is 504. The summed E-state index contributed by atoms with van der Waals surface area (Å²) in [7, 11) is 0. The van der Waals surface area contributed by atoms with Gasteiger partial charge in [-0.25, -0.2) is 4.39 Å². The molecule has 0 saturated carbocycles. The SMILES string of the molecule is Cc1ccc(C(O)c2ccc(C)c(F)c2)s1. The van der Waals surface area contributed by atoms with E-state index >= 15 is 0 Å². The van der Waals surface area contributed by atoms with Gasteiger partial charge in [0.25, 0.3) is 0 Å². The predicted octanol–water partition coefficient (Wildman–Crippen LogP) is 3.59. The molecule has 1 aromatic heterocycles. The lowest BCUT2D eigenvalue weighted by Gasteiger charge is -2.09. The largest absolute Gasteiger partial charge is 0.383 e. The molecule has 0 aliphatic carbocycles. The zero-order chi connectivity index (χ0) is 11.7. The van der Waals surface area contributed by atoms with Crippen molar-refractivity contribution in [1.29, 1.82) is 0 Å². The monoisotopic (exact) mass is 236 g/mol. The molecule has 1 N–H and O–H groups in total. The van der Waals surface area contributed by atoms with Gasteiger partial charge >= 0.3 is 0 Å². The molecule has 0 fully saturated rings. The van der Waals surface area contributed by atoms with Crippen LogP contribution in [-0.4, -0.2) is 5.11 Å². The van der Waals surface area contributed by atoms with Crippen molar-refractivity contribution in [3.05, 3.63) is 57.0 Å². The molecular formula is C13H13FOS. The van der Waals surface area contributed by atoms with Gasteiger partial charge in [0.05, 0.1) is 0 Å². The van der Waals surface area contributed by atoms with Crippen LogP contribution < -0.4 is 0 Å². The highest BCUT2D eigenvalue weighted by molar-refractivity contribution is 7.12. The number of thiophene rings is 1. The minimum atomic E-state index is -0.728. The number of benzene rings is 1. The van der Waals surface area contributed by atoms with Gasteiger partial charge in [0.1, 0.15) is 11.9 Å². The standard InChI is InChI=1S/C13H13FOS/c1-8-3-5-10(7-11(8)14)13(15)12-6-4-9(2)16-12/h3-7,13,15H,1-2H3. The average Bonchev–Trinajstić information content (AvgIpc) is 2.68. The summed E-state index contributed by atoms with van der Waals surface area (Å²) in [6.07, 6.45) is -0.728. The molecule has 1 unspecified atom stereocenters. The van der Waals surface area contributed by atoms with Crippen LogP contribution in [0.15, 0.2) is 30.3 Å². The van der Waals surface area contributed by atoms with Crippen LogP contribution in [0.3, 0.4) is 0 Å². The van der Waals surface area contributed by atoms with Gasteiger partial charge < -0.3 is 5.11 Å². The molecule has 0 aliphatic rings. The topological polar surface area (TPSA) is 20.2 Å². The van der Waals surface area contributed by atoms with Gasteiger partial charge in [0, 0.05) is 9.75 Å². The molecule has 1 atom stereocenters. The van der Waals surface area contributed by atoms with E-state index in [1.165, 1.54) is 17.4 Å². The highest BCUT2D eigenvalue weighted by Crippen LogP contribution is 2.28. The van der Waals surface area contributed by atoms with Crippen molar-refractivity contribution in [2.45, 2.75) is 20.0 Å². The Hall–Kier alpha value is -1.19. The number of hydrogen-bond acceptors (Lipinski definition) is 2. The third-order valence-corrected chi connectivity index (χ3v) is 3.60. The summed E-state index contributed by atoms with van der Waals surface area (Å²) in [5.41, 5.74) is 1.20. The fraction of sp³-hybridized carbons (Fsp3) is 0.231. The number of halogens is 1. The summed E-state index contributed by atoms with van der Waals surface area (Å²) in [4.78, 5) is 1.99. The Kier molecular flexibility index (Phi) is 3.08. The van der Waals surface area contributed by atoms with Gasteiger partial charge in [0.2, 0.25) is 0 Å². The Balaban J connectivity index is 2.33. The first-order valence-corrected chi connectivity index (χ1v) is 5.90. The Labute approximate surface area is 98.2 Å². The molecule has 0 aliphatic heterocycles. The van der Waals surface area contributed by atoms with E-state index in [9.17, 15) is 9.50 Å². The quantitative estimate of drug-likeness (QED) is 0.845. The van der Waals surface area contributed by atoms with Crippen LogP contribution in [0.25, 0.3) is 0 Å². The van der Waals surface area contributed by atoms with Crippen LogP contribution in [0.5, 0.6) is 0 Å². The molecule has 0 saturated heterocycles. The van der Waals surface area contributed by atoms with E-state index in [2.05, 4.69) is 0 Å². The minimum absolute atomic E-state index is 0.273. The van der Waals surface area contributed by atoms with Crippen LogP contribution in [0.4, 0.5) is 4.39 Å². The first-order valence-electron chi connectivity index (χ1n) is 5.08. The second-order valence-corrected chi connectivity index (χ2v) is 5.18. The first-order chi connectivity index (χ1) is 7.58. The maximum atomic E-state index is 13.4. The molecule has 0 amide bonds. The number of aliphatic hydroxyl groups excluding tert-OH is 1. The van der Waals surface area contributed by atoms with Gasteiger partial charge in [-0.15, -0.1) is 11.3 Å². The fourth-order valence-corrected chi connectivity index (χ4v) is 2.44. The van der Waals surface area contributed by atoms with E-state index in [-0.39, 0.29) is 5.82 Å². The molecular weight excluding hydrogens is 223 g/mol. The molecule has 0 bridgehead atoms. The molecule has 1 aromatic carbocycles. The van der Waals surface area contributed by atoms with Gasteiger partial charge in [-0.2, -0.15) is 0 Å². The summed E-state index contributed by atoms with van der Waals surface area (Å²) in [5.74, 6) is -0.273. The van der Waals surface area contributed by atoms with Crippen LogP contribution in [-0.2, 0) is 0 Å². The molecule has 0 spiro atoms. The zero-order valence-electron chi connectivity index (χ0n) is 9.20. The molecule has 3 heteroatoms. The van der Waals surface area contributed by atoms with Crippen molar-refractivity contribution in [3.8, 4) is 0 Å². The second-order valence-electron chi connectivity index (χ2n) is 3.86. The molecule has 84 valence electrons. The average molecular weight is 236 g/mol. The minimum Gasteiger partial charge on any atom is -0.383 e. The number of aliphatic hydroxyl groups is 1. The van der Waals surface area contributed by atoms with Crippen molar-refractivity contribution in [2.75, 3.05) is 0 Å². The molecule has 1 heterocycles. The van der Waals surface area contributed by atoms with E-state index in [1.54, 1.807) is 19.1 Å². The predicted molar refractivity (Wildman–Crippen MR) is 64.3 cm³/mol. The highest BCUT2D eigenvalue weighted by Gasteiger charge is 2.13. The van der Waals surface area contributed by atoms with Crippen LogP contribution in [0.2, 0.25) is 0 Å². The summed E-state index contributed by atoms with van der Waals surface area (Å²) < 4.78 is 13.4. The van der Waals surface area contributed by atoms with E-state index in [0.29, 0.717) is 11.1 Å². The van der Waals surface area contributed by atoms with Gasteiger partial charge in [-0.3, -0.25) is 0 Å². The molecule has 0 radical (unpaired) electrons. The maximum absolute atomic E-state index is 13.4. The molecule has 1 nitrogen and oxygen atoms in total. The fourth-order valence-electron chi connectivity index (χ4n) is 1.54. The molecule has 16 heavy (non-hydrogen) atoms. The van der Waals surface area contributed by atoms with Gasteiger partial charge in [-0.05, 0) is 43.2 Å². The smallest absolute Gasteiger partial charge is 0.126 e. The Morgan fingerprint density at radius 2 is 1.94 bits per heavy atom. The second kappa shape index (κ2) is 4.36. The lowest BCUT2D eigenvalue weighted by molar-refractivity contribution is 0.223. The number of hydrogen-bond donors (Lipinski definition) is 1. The van der Waals surface area contributed by atoms with E-state index in [1.807, 2.05) is 19.1 Å². The third kappa shape index (κ3) is 2.15. The molecule has 2 aromatic rings. The summed E-state index contributed by atoms with van der Waals surface area (Å²) in [5, 5.41) is 10.1. The van der Waals surface area contributed by atoms with Crippen LogP contribution in [0.1, 0.15) is 27.0 Å². The van der Waals surface area contributed by atoms with Crippen molar-refractivity contribution < 1.29 is 9.50 Å².